The topological polar surface area (TPSA) is 86.6 Å². The highest BCUT2D eigenvalue weighted by Gasteiger charge is 2.46. The Hall–Kier alpha value is -2.65. The van der Waals surface area contributed by atoms with Gasteiger partial charge in [-0.1, -0.05) is 12.2 Å². The lowest BCUT2D eigenvalue weighted by atomic mass is 10.0. The first kappa shape index (κ1) is 20.1. The Balaban J connectivity index is 0.000000279. The van der Waals surface area contributed by atoms with E-state index in [1.807, 2.05) is 6.07 Å². The van der Waals surface area contributed by atoms with Crippen LogP contribution in [0.2, 0.25) is 0 Å². The molecule has 0 spiro atoms. The summed E-state index contributed by atoms with van der Waals surface area (Å²) in [5.41, 5.74) is 0. The molecule has 1 aliphatic carbocycles. The number of carbonyl (C=O) groups is 2. The summed E-state index contributed by atoms with van der Waals surface area (Å²) in [5.74, 6) is -1.41. The first-order chi connectivity index (χ1) is 13.3. The maximum atomic E-state index is 12.7. The van der Waals surface area contributed by atoms with Crippen LogP contribution < -0.4 is 4.90 Å². The third-order valence-electron chi connectivity index (χ3n) is 5.27. The standard InChI is InChI=1S/C16H20N4O.C2HF3O2/c21-15(12-4-1-2-5-12)19-10-6-14-13(19)7-11-20(14)16-17-8-3-9-18-16;3-2(4,5)1(6)7/h1-3,8-9,12-14H,4-7,10-11H2;(H,6,7)/t13-,14+;/m1./s1. The number of fused-ring (bicyclic) bond motifs is 1. The predicted octanol–water partition coefficient (Wildman–Crippen LogP) is 2.26. The van der Waals surface area contributed by atoms with Crippen molar-refractivity contribution in [2.45, 2.75) is 43.9 Å². The number of carboxylic acid groups (broad SMARTS) is 1. The van der Waals surface area contributed by atoms with Crippen molar-refractivity contribution in [1.82, 2.24) is 14.9 Å². The number of halogens is 3. The van der Waals surface area contributed by atoms with E-state index in [4.69, 9.17) is 9.90 Å². The molecule has 0 aromatic carbocycles. The Morgan fingerprint density at radius 3 is 2.18 bits per heavy atom. The number of likely N-dealkylation sites (tertiary alicyclic amines) is 1. The van der Waals surface area contributed by atoms with E-state index in [1.54, 1.807) is 12.4 Å². The van der Waals surface area contributed by atoms with Crippen molar-refractivity contribution in [3.8, 4) is 0 Å². The molecule has 0 bridgehead atoms. The molecule has 152 valence electrons. The fourth-order valence-corrected chi connectivity index (χ4v) is 4.00. The summed E-state index contributed by atoms with van der Waals surface area (Å²) in [6, 6.07) is 2.59. The van der Waals surface area contributed by atoms with Gasteiger partial charge in [-0.3, -0.25) is 4.79 Å². The lowest BCUT2D eigenvalue weighted by molar-refractivity contribution is -0.192. The number of rotatable bonds is 2. The zero-order valence-electron chi connectivity index (χ0n) is 15.0. The highest BCUT2D eigenvalue weighted by molar-refractivity contribution is 5.80. The van der Waals surface area contributed by atoms with Gasteiger partial charge in [0.1, 0.15) is 0 Å². The summed E-state index contributed by atoms with van der Waals surface area (Å²) in [6.45, 7) is 1.83. The zero-order valence-corrected chi connectivity index (χ0v) is 15.0. The van der Waals surface area contributed by atoms with Gasteiger partial charge in [0.25, 0.3) is 0 Å². The van der Waals surface area contributed by atoms with Crippen LogP contribution in [0.5, 0.6) is 0 Å². The van der Waals surface area contributed by atoms with E-state index < -0.39 is 12.1 Å². The zero-order chi connectivity index (χ0) is 20.3. The largest absolute Gasteiger partial charge is 0.490 e. The van der Waals surface area contributed by atoms with Crippen molar-refractivity contribution in [3.63, 3.8) is 0 Å². The van der Waals surface area contributed by atoms with Crippen LogP contribution in [-0.4, -0.2) is 63.2 Å². The average molecular weight is 398 g/mol. The second kappa shape index (κ2) is 8.15. The van der Waals surface area contributed by atoms with Gasteiger partial charge in [0.15, 0.2) is 0 Å². The molecule has 2 fully saturated rings. The van der Waals surface area contributed by atoms with E-state index in [0.717, 1.165) is 44.7 Å². The van der Waals surface area contributed by atoms with E-state index in [2.05, 4.69) is 31.9 Å². The van der Waals surface area contributed by atoms with Crippen molar-refractivity contribution < 1.29 is 27.9 Å². The maximum Gasteiger partial charge on any atom is 0.490 e. The monoisotopic (exact) mass is 398 g/mol. The van der Waals surface area contributed by atoms with E-state index in [-0.39, 0.29) is 5.92 Å². The number of carboxylic acids is 1. The van der Waals surface area contributed by atoms with Crippen molar-refractivity contribution in [2.75, 3.05) is 18.0 Å². The minimum atomic E-state index is -5.08. The summed E-state index contributed by atoms with van der Waals surface area (Å²) in [6.07, 6.45) is 6.67. The molecule has 0 unspecified atom stereocenters. The third kappa shape index (κ3) is 4.26. The fraction of sp³-hybridized carbons (Fsp3) is 0.556. The van der Waals surface area contributed by atoms with Gasteiger partial charge in [-0.2, -0.15) is 13.2 Å². The van der Waals surface area contributed by atoms with Crippen LogP contribution in [0, 0.1) is 5.92 Å². The number of anilines is 1. The van der Waals surface area contributed by atoms with Gasteiger partial charge < -0.3 is 14.9 Å². The Morgan fingerprint density at radius 2 is 1.61 bits per heavy atom. The molecular weight excluding hydrogens is 377 g/mol. The fourth-order valence-electron chi connectivity index (χ4n) is 4.00. The molecule has 4 rings (SSSR count). The van der Waals surface area contributed by atoms with Gasteiger partial charge in [0.2, 0.25) is 11.9 Å². The lowest BCUT2D eigenvalue weighted by Crippen LogP contribution is -2.42. The highest BCUT2D eigenvalue weighted by atomic mass is 19.4. The van der Waals surface area contributed by atoms with E-state index >= 15 is 0 Å². The molecule has 0 radical (unpaired) electrons. The first-order valence-electron chi connectivity index (χ1n) is 9.08. The molecule has 2 aliphatic heterocycles. The second-order valence-corrected chi connectivity index (χ2v) is 6.93. The second-order valence-electron chi connectivity index (χ2n) is 6.93. The van der Waals surface area contributed by atoms with Gasteiger partial charge >= 0.3 is 12.1 Å². The Bertz CT molecular complexity index is 733. The van der Waals surface area contributed by atoms with Gasteiger partial charge in [0, 0.05) is 31.4 Å². The van der Waals surface area contributed by atoms with E-state index in [0.29, 0.717) is 18.0 Å². The van der Waals surface area contributed by atoms with Crippen LogP contribution in [0.25, 0.3) is 0 Å². The molecule has 3 heterocycles. The number of allylic oxidation sites excluding steroid dienone is 2. The number of hydrogen-bond acceptors (Lipinski definition) is 5. The molecular formula is C18H21F3N4O3. The molecule has 7 nitrogen and oxygen atoms in total. The number of aromatic nitrogens is 2. The molecule has 28 heavy (non-hydrogen) atoms. The van der Waals surface area contributed by atoms with Crippen LogP contribution in [0.1, 0.15) is 25.7 Å². The minimum absolute atomic E-state index is 0.186. The smallest absolute Gasteiger partial charge is 0.475 e. The number of alkyl halides is 3. The van der Waals surface area contributed by atoms with E-state index in [9.17, 15) is 18.0 Å². The Morgan fingerprint density at radius 1 is 1.04 bits per heavy atom. The number of nitrogens with zero attached hydrogens (tertiary/aromatic N) is 4. The summed E-state index contributed by atoms with van der Waals surface area (Å²) in [5, 5.41) is 7.12. The summed E-state index contributed by atoms with van der Waals surface area (Å²) in [4.78, 5) is 34.7. The molecule has 0 saturated carbocycles. The molecule has 1 aromatic rings. The number of hydrogen-bond donors (Lipinski definition) is 1. The minimum Gasteiger partial charge on any atom is -0.475 e. The van der Waals surface area contributed by atoms with Gasteiger partial charge in [-0.25, -0.2) is 14.8 Å². The quantitative estimate of drug-likeness (QED) is 0.769. The third-order valence-corrected chi connectivity index (χ3v) is 5.27. The SMILES string of the molecule is O=C(C1CC=CC1)N1CC[C@H]2[C@H]1CCN2c1ncccn1.O=C(O)C(F)(F)F. The van der Waals surface area contributed by atoms with Crippen molar-refractivity contribution in [3.05, 3.63) is 30.6 Å². The molecule has 1 aromatic heterocycles. The first-order valence-corrected chi connectivity index (χ1v) is 9.08. The van der Waals surface area contributed by atoms with Crippen LogP contribution in [-0.2, 0) is 9.59 Å². The van der Waals surface area contributed by atoms with Crippen LogP contribution >= 0.6 is 0 Å². The summed E-state index contributed by atoms with van der Waals surface area (Å²) < 4.78 is 31.7. The Kier molecular flexibility index (Phi) is 5.85. The van der Waals surface area contributed by atoms with Crippen LogP contribution in [0.4, 0.5) is 19.1 Å². The number of amides is 1. The van der Waals surface area contributed by atoms with Gasteiger partial charge in [0.05, 0.1) is 12.1 Å². The molecule has 3 aliphatic rings. The maximum absolute atomic E-state index is 12.7. The van der Waals surface area contributed by atoms with Crippen molar-refractivity contribution >= 4 is 17.8 Å². The number of carbonyl (C=O) groups excluding carboxylic acids is 1. The molecule has 2 atom stereocenters. The van der Waals surface area contributed by atoms with Crippen LogP contribution in [0.15, 0.2) is 30.6 Å². The summed E-state index contributed by atoms with van der Waals surface area (Å²) in [7, 11) is 0. The number of aliphatic carboxylic acids is 1. The predicted molar refractivity (Wildman–Crippen MR) is 93.5 cm³/mol. The normalized spacial score (nSPS) is 24.1. The highest BCUT2D eigenvalue weighted by Crippen LogP contribution is 2.35. The molecule has 1 N–H and O–H groups in total. The Labute approximate surface area is 159 Å². The summed E-state index contributed by atoms with van der Waals surface area (Å²) >= 11 is 0. The van der Waals surface area contributed by atoms with E-state index in [1.165, 1.54) is 0 Å². The molecule has 10 heteroatoms. The average Bonchev–Trinajstić information content (AvgIpc) is 3.39. The molecule has 1 amide bonds. The van der Waals surface area contributed by atoms with Crippen LogP contribution in [0.3, 0.4) is 0 Å². The van der Waals surface area contributed by atoms with Crippen molar-refractivity contribution in [1.29, 1.82) is 0 Å². The van der Waals surface area contributed by atoms with Crippen molar-refractivity contribution in [2.24, 2.45) is 5.92 Å². The molecule has 2 saturated heterocycles. The van der Waals surface area contributed by atoms with Gasteiger partial charge in [-0.15, -0.1) is 0 Å². The van der Waals surface area contributed by atoms with Gasteiger partial charge in [-0.05, 0) is 31.7 Å². The lowest BCUT2D eigenvalue weighted by Gasteiger charge is -2.27.